The molecular weight excluding hydrogens is 118 g/mol. The molecule has 4 N–H and O–H groups in total. The maximum Gasteiger partial charge on any atom is 0.0495 e. The highest BCUT2D eigenvalue weighted by Gasteiger charge is 2.13. The summed E-state index contributed by atoms with van der Waals surface area (Å²) < 4.78 is 5.10. The van der Waals surface area contributed by atoms with Crippen LogP contribution in [0.5, 0.6) is 0 Å². The molecule has 1 atom stereocenters. The van der Waals surface area contributed by atoms with Gasteiger partial charge in [-0.2, -0.15) is 0 Å². The van der Waals surface area contributed by atoms with Crippen molar-refractivity contribution in [1.82, 2.24) is 6.15 Å². The van der Waals surface area contributed by atoms with Crippen molar-refractivity contribution in [3.05, 3.63) is 0 Å². The van der Waals surface area contributed by atoms with Crippen LogP contribution in [0.3, 0.4) is 0 Å². The Balaban J connectivity index is 0.000000640. The molecule has 0 amide bonds. The molecule has 0 aromatic heterocycles. The molecule has 1 rings (SSSR count). The van der Waals surface area contributed by atoms with Gasteiger partial charge >= 0.3 is 0 Å². The third-order valence-electron chi connectivity index (χ3n) is 1.56. The molecule has 1 unspecified atom stereocenters. The van der Waals surface area contributed by atoms with Crippen molar-refractivity contribution in [2.45, 2.75) is 12.8 Å². The molecule has 9 heavy (non-hydrogen) atoms. The van der Waals surface area contributed by atoms with Crippen molar-refractivity contribution in [2.75, 3.05) is 19.8 Å². The zero-order valence-corrected chi connectivity index (χ0v) is 5.68. The zero-order valence-electron chi connectivity index (χ0n) is 5.68. The van der Waals surface area contributed by atoms with Crippen LogP contribution in [0, 0.1) is 5.92 Å². The first-order chi connectivity index (χ1) is 3.93. The van der Waals surface area contributed by atoms with Gasteiger partial charge in [0.1, 0.15) is 0 Å². The lowest BCUT2D eigenvalue weighted by molar-refractivity contribution is 0.175. The fraction of sp³-hybridized carbons (Fsp3) is 1.00. The predicted molar refractivity (Wildman–Crippen MR) is 35.7 cm³/mol. The largest absolute Gasteiger partial charge is 0.396 e. The van der Waals surface area contributed by atoms with Crippen molar-refractivity contribution in [3.8, 4) is 0 Å². The second-order valence-corrected chi connectivity index (χ2v) is 2.24. The highest BCUT2D eigenvalue weighted by Crippen LogP contribution is 2.14. The number of aliphatic hydroxyl groups is 1. The van der Waals surface area contributed by atoms with Gasteiger partial charge in [-0.15, -0.1) is 0 Å². The molecule has 0 radical (unpaired) electrons. The Kier molecular flexibility index (Phi) is 4.67. The van der Waals surface area contributed by atoms with Gasteiger partial charge in [-0.1, -0.05) is 0 Å². The van der Waals surface area contributed by atoms with E-state index in [1.54, 1.807) is 0 Å². The van der Waals surface area contributed by atoms with Gasteiger partial charge in [0.05, 0.1) is 0 Å². The number of rotatable bonds is 2. The number of hydrogen-bond donors (Lipinski definition) is 2. The van der Waals surface area contributed by atoms with Gasteiger partial charge in [0.2, 0.25) is 0 Å². The first-order valence-electron chi connectivity index (χ1n) is 3.12. The lowest BCUT2D eigenvalue weighted by Gasteiger charge is -2.00. The summed E-state index contributed by atoms with van der Waals surface area (Å²) in [6, 6.07) is 0. The summed E-state index contributed by atoms with van der Waals surface area (Å²) in [7, 11) is 0. The lowest BCUT2D eigenvalue weighted by atomic mass is 10.1. The second-order valence-electron chi connectivity index (χ2n) is 2.24. The van der Waals surface area contributed by atoms with Crippen LogP contribution in [0.4, 0.5) is 0 Å². The number of ether oxygens (including phenoxy) is 1. The van der Waals surface area contributed by atoms with Crippen molar-refractivity contribution in [3.63, 3.8) is 0 Å². The predicted octanol–water partition coefficient (Wildman–Crippen LogP) is 0.567. The van der Waals surface area contributed by atoms with E-state index < -0.39 is 0 Å². The van der Waals surface area contributed by atoms with Crippen molar-refractivity contribution < 1.29 is 9.84 Å². The highest BCUT2D eigenvalue weighted by molar-refractivity contribution is 4.62. The van der Waals surface area contributed by atoms with Gasteiger partial charge in [-0.3, -0.25) is 0 Å². The van der Waals surface area contributed by atoms with E-state index in [-0.39, 0.29) is 6.15 Å². The van der Waals surface area contributed by atoms with Crippen LogP contribution in [0.15, 0.2) is 0 Å². The minimum Gasteiger partial charge on any atom is -0.396 e. The number of aliphatic hydroxyl groups excluding tert-OH is 1. The Morgan fingerprint density at radius 3 is 2.78 bits per heavy atom. The summed E-state index contributed by atoms with van der Waals surface area (Å²) in [5, 5.41) is 8.47. The van der Waals surface area contributed by atoms with Crippen LogP contribution < -0.4 is 6.15 Å². The molecule has 1 aliphatic heterocycles. The number of hydrogen-bond acceptors (Lipinski definition) is 3. The summed E-state index contributed by atoms with van der Waals surface area (Å²) in [5.41, 5.74) is 0. The Bertz CT molecular complexity index is 62.1. The van der Waals surface area contributed by atoms with Gasteiger partial charge in [0.25, 0.3) is 0 Å². The first-order valence-corrected chi connectivity index (χ1v) is 3.12. The van der Waals surface area contributed by atoms with Crippen molar-refractivity contribution in [2.24, 2.45) is 5.92 Å². The van der Waals surface area contributed by atoms with Crippen LogP contribution in [-0.2, 0) is 4.74 Å². The van der Waals surface area contributed by atoms with E-state index in [0.717, 1.165) is 26.1 Å². The summed E-state index contributed by atoms with van der Waals surface area (Å²) in [6.45, 7) is 2.07. The van der Waals surface area contributed by atoms with E-state index in [0.29, 0.717) is 12.5 Å². The smallest absolute Gasteiger partial charge is 0.0495 e. The second kappa shape index (κ2) is 4.73. The lowest BCUT2D eigenvalue weighted by Crippen LogP contribution is -2.00. The van der Waals surface area contributed by atoms with Gasteiger partial charge < -0.3 is 16.0 Å². The third kappa shape index (κ3) is 2.79. The molecule has 1 fully saturated rings. The summed E-state index contributed by atoms with van der Waals surface area (Å²) in [5.74, 6) is 0.639. The summed E-state index contributed by atoms with van der Waals surface area (Å²) in [4.78, 5) is 0. The molecule has 0 bridgehead atoms. The molecule has 0 aromatic rings. The van der Waals surface area contributed by atoms with E-state index in [1.807, 2.05) is 0 Å². The quantitative estimate of drug-likeness (QED) is 0.578. The van der Waals surface area contributed by atoms with E-state index >= 15 is 0 Å². The fourth-order valence-corrected chi connectivity index (χ4v) is 0.994. The molecule has 1 heterocycles. The Morgan fingerprint density at radius 1 is 1.56 bits per heavy atom. The topological polar surface area (TPSA) is 64.5 Å². The van der Waals surface area contributed by atoms with Crippen LogP contribution in [-0.4, -0.2) is 24.9 Å². The van der Waals surface area contributed by atoms with Gasteiger partial charge in [0, 0.05) is 19.8 Å². The van der Waals surface area contributed by atoms with Gasteiger partial charge in [-0.05, 0) is 18.8 Å². The summed E-state index contributed by atoms with van der Waals surface area (Å²) in [6.07, 6.45) is 2.06. The van der Waals surface area contributed by atoms with E-state index in [4.69, 9.17) is 9.84 Å². The minimum absolute atomic E-state index is 0. The molecule has 3 heteroatoms. The molecular formula is C6H15NO2. The van der Waals surface area contributed by atoms with E-state index in [1.165, 1.54) is 0 Å². The Hall–Kier alpha value is -0.120. The van der Waals surface area contributed by atoms with E-state index in [9.17, 15) is 0 Å². The fourth-order valence-electron chi connectivity index (χ4n) is 0.994. The van der Waals surface area contributed by atoms with Crippen LogP contribution in [0.1, 0.15) is 12.8 Å². The monoisotopic (exact) mass is 133 g/mol. The zero-order chi connectivity index (χ0) is 5.82. The maximum absolute atomic E-state index is 8.47. The molecule has 1 aliphatic rings. The van der Waals surface area contributed by atoms with Crippen molar-refractivity contribution in [1.29, 1.82) is 0 Å². The average molecular weight is 133 g/mol. The van der Waals surface area contributed by atoms with Crippen LogP contribution in [0.2, 0.25) is 0 Å². The summed E-state index contributed by atoms with van der Waals surface area (Å²) >= 11 is 0. The molecule has 0 aromatic carbocycles. The normalized spacial score (nSPS) is 25.7. The molecule has 1 saturated heterocycles. The molecule has 0 spiro atoms. The molecule has 3 nitrogen and oxygen atoms in total. The standard InChI is InChI=1S/C6H12O2.H3N/c7-3-1-6-2-4-8-5-6;/h6-7H,1-5H2;1H3. The third-order valence-corrected chi connectivity index (χ3v) is 1.56. The molecule has 0 saturated carbocycles. The van der Waals surface area contributed by atoms with Gasteiger partial charge in [-0.25, -0.2) is 0 Å². The minimum atomic E-state index is 0. The first kappa shape index (κ1) is 8.88. The van der Waals surface area contributed by atoms with E-state index in [2.05, 4.69) is 0 Å². The van der Waals surface area contributed by atoms with Crippen LogP contribution >= 0.6 is 0 Å². The van der Waals surface area contributed by atoms with Crippen molar-refractivity contribution >= 4 is 0 Å². The highest BCUT2D eigenvalue weighted by atomic mass is 16.5. The molecule has 56 valence electrons. The Morgan fingerprint density at radius 2 is 2.33 bits per heavy atom. The Labute approximate surface area is 55.6 Å². The van der Waals surface area contributed by atoms with Gasteiger partial charge in [0.15, 0.2) is 0 Å². The average Bonchev–Trinajstić information content (AvgIpc) is 2.19. The maximum atomic E-state index is 8.47. The SMILES string of the molecule is N.OCCC1CCOC1. The van der Waals surface area contributed by atoms with Crippen LogP contribution in [0.25, 0.3) is 0 Å². The molecule has 0 aliphatic carbocycles.